The average Bonchev–Trinajstić information content (AvgIpc) is 3.01. The molecule has 2 heterocycles. The fraction of sp³-hybridized carbons (Fsp3) is 0.143. The van der Waals surface area contributed by atoms with Gasteiger partial charge < -0.3 is 5.32 Å². The molecule has 0 saturated carbocycles. The van der Waals surface area contributed by atoms with Gasteiger partial charge in [-0.1, -0.05) is 0 Å². The number of nitrogens with one attached hydrogen (secondary N) is 1. The number of nitro groups is 1. The summed E-state index contributed by atoms with van der Waals surface area (Å²) < 4.78 is 26.3. The molecule has 3 aromatic rings. The number of non-ortho nitro benzene ring substituents is 1. The van der Waals surface area contributed by atoms with Crippen LogP contribution in [0.2, 0.25) is 0 Å². The minimum atomic E-state index is -2.67. The van der Waals surface area contributed by atoms with Crippen LogP contribution < -0.4 is 5.32 Å². The van der Waals surface area contributed by atoms with Crippen LogP contribution in [-0.2, 0) is 6.54 Å². The van der Waals surface area contributed by atoms with Crippen LogP contribution in [0.4, 0.5) is 20.2 Å². The van der Waals surface area contributed by atoms with E-state index in [-0.39, 0.29) is 18.1 Å². The zero-order chi connectivity index (χ0) is 16.4. The van der Waals surface area contributed by atoms with E-state index in [1.54, 1.807) is 6.07 Å². The summed E-state index contributed by atoms with van der Waals surface area (Å²) in [5, 5.41) is 15.0. The standard InChI is InChI=1S/C14H11F2N5O2/c15-14(16)20-6-5-18-13(20)8-19-11-1-2-12(21(22)23)10-7-17-4-3-9(10)11/h1-7,14,19H,8H2. The van der Waals surface area contributed by atoms with Crippen LogP contribution in [0, 0.1) is 10.1 Å². The molecule has 9 heteroatoms. The Balaban J connectivity index is 1.93. The van der Waals surface area contributed by atoms with Gasteiger partial charge in [0.25, 0.3) is 5.69 Å². The lowest BCUT2D eigenvalue weighted by atomic mass is 10.1. The fourth-order valence-corrected chi connectivity index (χ4v) is 2.32. The number of hydrogen-bond donors (Lipinski definition) is 1. The molecule has 0 aliphatic rings. The molecule has 0 unspecified atom stereocenters. The molecule has 0 aliphatic carbocycles. The van der Waals surface area contributed by atoms with Crippen molar-refractivity contribution >= 4 is 22.1 Å². The monoisotopic (exact) mass is 319 g/mol. The van der Waals surface area contributed by atoms with E-state index in [0.717, 1.165) is 4.57 Å². The molecule has 0 aliphatic heterocycles. The second-order valence-electron chi connectivity index (χ2n) is 4.69. The fourth-order valence-electron chi connectivity index (χ4n) is 2.32. The van der Waals surface area contributed by atoms with Crippen LogP contribution in [0.3, 0.4) is 0 Å². The number of hydrogen-bond acceptors (Lipinski definition) is 5. The molecule has 0 spiro atoms. The Hall–Kier alpha value is -3.10. The first-order valence-electron chi connectivity index (χ1n) is 6.63. The minimum absolute atomic E-state index is 0.0621. The Labute approximate surface area is 128 Å². The normalized spacial score (nSPS) is 11.1. The molecular weight excluding hydrogens is 308 g/mol. The number of anilines is 1. The quantitative estimate of drug-likeness (QED) is 0.576. The second-order valence-corrected chi connectivity index (χ2v) is 4.69. The molecule has 0 saturated heterocycles. The predicted octanol–water partition coefficient (Wildman–Crippen LogP) is 3.35. The van der Waals surface area contributed by atoms with Gasteiger partial charge in [-0.05, 0) is 12.1 Å². The summed E-state index contributed by atoms with van der Waals surface area (Å²) in [5.41, 5.74) is 0.518. The topological polar surface area (TPSA) is 85.9 Å². The van der Waals surface area contributed by atoms with E-state index in [1.165, 1.54) is 36.9 Å². The zero-order valence-corrected chi connectivity index (χ0v) is 11.7. The molecule has 0 amide bonds. The molecule has 118 valence electrons. The highest BCUT2D eigenvalue weighted by Gasteiger charge is 2.15. The SMILES string of the molecule is O=[N+]([O-])c1ccc(NCc2nccn2C(F)F)c2ccncc12. The second kappa shape index (κ2) is 5.95. The molecular formula is C14H11F2N5O2. The molecule has 0 atom stereocenters. The van der Waals surface area contributed by atoms with Gasteiger partial charge in [-0.25, -0.2) is 4.98 Å². The van der Waals surface area contributed by atoms with Gasteiger partial charge in [-0.2, -0.15) is 8.78 Å². The highest BCUT2D eigenvalue weighted by molar-refractivity contribution is 5.99. The van der Waals surface area contributed by atoms with Crippen molar-refractivity contribution in [2.24, 2.45) is 0 Å². The van der Waals surface area contributed by atoms with E-state index in [2.05, 4.69) is 15.3 Å². The number of aromatic nitrogens is 3. The van der Waals surface area contributed by atoms with Crippen molar-refractivity contribution in [3.8, 4) is 0 Å². The average molecular weight is 319 g/mol. The van der Waals surface area contributed by atoms with Crippen LogP contribution in [0.5, 0.6) is 0 Å². The molecule has 1 aromatic carbocycles. The number of halogens is 2. The van der Waals surface area contributed by atoms with Gasteiger partial charge in [-0.15, -0.1) is 0 Å². The molecule has 2 aromatic heterocycles. The number of nitrogens with zero attached hydrogens (tertiary/aromatic N) is 4. The highest BCUT2D eigenvalue weighted by Crippen LogP contribution is 2.30. The van der Waals surface area contributed by atoms with Gasteiger partial charge in [0.05, 0.1) is 16.9 Å². The number of rotatable bonds is 5. The number of fused-ring (bicyclic) bond motifs is 1. The summed E-state index contributed by atoms with van der Waals surface area (Å²) in [6, 6.07) is 4.52. The van der Waals surface area contributed by atoms with E-state index in [4.69, 9.17) is 0 Å². The van der Waals surface area contributed by atoms with Crippen molar-refractivity contribution in [3.05, 3.63) is 58.9 Å². The Morgan fingerprint density at radius 1 is 1.26 bits per heavy atom. The summed E-state index contributed by atoms with van der Waals surface area (Å²) in [7, 11) is 0. The van der Waals surface area contributed by atoms with Gasteiger partial charge in [0.1, 0.15) is 5.82 Å². The van der Waals surface area contributed by atoms with Crippen LogP contribution >= 0.6 is 0 Å². The van der Waals surface area contributed by atoms with Gasteiger partial charge in [0.2, 0.25) is 0 Å². The maximum Gasteiger partial charge on any atom is 0.319 e. The Morgan fingerprint density at radius 3 is 2.83 bits per heavy atom. The maximum atomic E-state index is 12.8. The van der Waals surface area contributed by atoms with E-state index < -0.39 is 11.5 Å². The molecule has 1 N–H and O–H groups in total. The molecule has 7 nitrogen and oxygen atoms in total. The lowest BCUT2D eigenvalue weighted by molar-refractivity contribution is -0.383. The molecule has 0 bridgehead atoms. The lowest BCUT2D eigenvalue weighted by Crippen LogP contribution is -2.09. The molecule has 3 rings (SSSR count). The van der Waals surface area contributed by atoms with E-state index >= 15 is 0 Å². The molecule has 0 radical (unpaired) electrons. The van der Waals surface area contributed by atoms with Crippen molar-refractivity contribution < 1.29 is 13.7 Å². The van der Waals surface area contributed by atoms with Crippen LogP contribution in [0.15, 0.2) is 43.0 Å². The van der Waals surface area contributed by atoms with Gasteiger partial charge in [-0.3, -0.25) is 19.7 Å². The maximum absolute atomic E-state index is 12.8. The number of alkyl halides is 2. The number of imidazole rings is 1. The summed E-state index contributed by atoms with van der Waals surface area (Å²) in [6.45, 7) is -2.61. The van der Waals surface area contributed by atoms with E-state index in [0.29, 0.717) is 16.5 Å². The van der Waals surface area contributed by atoms with E-state index in [1.807, 2.05) is 0 Å². The van der Waals surface area contributed by atoms with Crippen molar-refractivity contribution in [2.75, 3.05) is 5.32 Å². The van der Waals surface area contributed by atoms with Crippen LogP contribution in [-0.4, -0.2) is 19.5 Å². The third-order valence-electron chi connectivity index (χ3n) is 3.39. The summed E-state index contributed by atoms with van der Waals surface area (Å²) >= 11 is 0. The molecule has 23 heavy (non-hydrogen) atoms. The smallest absolute Gasteiger partial charge is 0.319 e. The first-order chi connectivity index (χ1) is 11.1. The van der Waals surface area contributed by atoms with Gasteiger partial charge >= 0.3 is 6.55 Å². The summed E-state index contributed by atoms with van der Waals surface area (Å²) in [5.74, 6) is 0.167. The van der Waals surface area contributed by atoms with Crippen LogP contribution in [0.25, 0.3) is 10.8 Å². The first kappa shape index (κ1) is 14.8. The van der Waals surface area contributed by atoms with E-state index in [9.17, 15) is 18.9 Å². The Kier molecular flexibility index (Phi) is 3.83. The number of nitro benzene ring substituents is 1. The summed E-state index contributed by atoms with van der Waals surface area (Å²) in [6.07, 6.45) is 5.40. The molecule has 0 fully saturated rings. The van der Waals surface area contributed by atoms with Crippen molar-refractivity contribution in [3.63, 3.8) is 0 Å². The highest BCUT2D eigenvalue weighted by atomic mass is 19.3. The summed E-state index contributed by atoms with van der Waals surface area (Å²) in [4.78, 5) is 18.3. The van der Waals surface area contributed by atoms with Crippen molar-refractivity contribution in [2.45, 2.75) is 13.1 Å². The number of benzene rings is 1. The first-order valence-corrected chi connectivity index (χ1v) is 6.63. The lowest BCUT2D eigenvalue weighted by Gasteiger charge is -2.11. The third kappa shape index (κ3) is 2.80. The number of pyridine rings is 1. The Morgan fingerprint density at radius 2 is 2.09 bits per heavy atom. The Bertz CT molecular complexity index is 865. The predicted molar refractivity (Wildman–Crippen MR) is 79.2 cm³/mol. The minimum Gasteiger partial charge on any atom is -0.377 e. The van der Waals surface area contributed by atoms with Crippen molar-refractivity contribution in [1.82, 2.24) is 14.5 Å². The third-order valence-corrected chi connectivity index (χ3v) is 3.39. The van der Waals surface area contributed by atoms with Gasteiger partial charge in [0, 0.05) is 41.9 Å². The van der Waals surface area contributed by atoms with Crippen molar-refractivity contribution in [1.29, 1.82) is 0 Å². The van der Waals surface area contributed by atoms with Crippen LogP contribution in [0.1, 0.15) is 12.4 Å². The zero-order valence-electron chi connectivity index (χ0n) is 11.7. The van der Waals surface area contributed by atoms with Gasteiger partial charge in [0.15, 0.2) is 0 Å². The largest absolute Gasteiger partial charge is 0.377 e.